The lowest BCUT2D eigenvalue weighted by molar-refractivity contribution is -0.384. The van der Waals surface area contributed by atoms with Crippen molar-refractivity contribution >= 4 is 28.4 Å². The first-order valence-electron chi connectivity index (χ1n) is 5.26. The van der Waals surface area contributed by atoms with Gasteiger partial charge >= 0.3 is 0 Å². The number of benzene rings is 1. The van der Waals surface area contributed by atoms with Crippen LogP contribution >= 0.6 is 11.8 Å². The molecule has 0 fully saturated rings. The summed E-state index contributed by atoms with van der Waals surface area (Å²) in [6.07, 6.45) is 3.43. The Hall–Kier alpha value is -1.89. The molecule has 0 bridgehead atoms. The fourth-order valence-electron chi connectivity index (χ4n) is 1.61. The summed E-state index contributed by atoms with van der Waals surface area (Å²) in [5.74, 6) is 0.794. The van der Waals surface area contributed by atoms with E-state index in [-0.39, 0.29) is 16.6 Å². The van der Waals surface area contributed by atoms with Gasteiger partial charge in [0.1, 0.15) is 0 Å². The molecule has 0 aliphatic rings. The number of aryl methyl sites for hydroxylation is 1. The molecule has 0 aliphatic carbocycles. The Bertz CT molecular complexity index is 654. The van der Waals surface area contributed by atoms with E-state index < -0.39 is 4.92 Å². The Kier molecular flexibility index (Phi) is 3.61. The Labute approximate surface area is 107 Å². The summed E-state index contributed by atoms with van der Waals surface area (Å²) in [6, 6.07) is 4.12. The molecule has 7 heteroatoms. The fraction of sp³-hybridized carbons (Fsp3) is 0.273. The summed E-state index contributed by atoms with van der Waals surface area (Å²) in [4.78, 5) is 26.4. The van der Waals surface area contributed by atoms with E-state index in [1.54, 1.807) is 11.8 Å². The summed E-state index contributed by atoms with van der Waals surface area (Å²) in [6.45, 7) is 0.547. The van der Waals surface area contributed by atoms with Gasteiger partial charge in [0.15, 0.2) is 0 Å². The van der Waals surface area contributed by atoms with Crippen molar-refractivity contribution in [1.29, 1.82) is 0 Å². The molecule has 0 aliphatic heterocycles. The first-order chi connectivity index (χ1) is 8.63. The number of fused-ring (bicyclic) bond motifs is 1. The minimum absolute atomic E-state index is 0.0935. The van der Waals surface area contributed by atoms with Crippen molar-refractivity contribution in [1.82, 2.24) is 9.55 Å². The van der Waals surface area contributed by atoms with E-state index in [1.807, 2.05) is 6.26 Å². The van der Waals surface area contributed by atoms with Crippen LogP contribution < -0.4 is 5.56 Å². The van der Waals surface area contributed by atoms with Crippen molar-refractivity contribution in [3.05, 3.63) is 45.0 Å². The minimum atomic E-state index is -0.516. The van der Waals surface area contributed by atoms with Gasteiger partial charge in [0.05, 0.1) is 22.2 Å². The van der Waals surface area contributed by atoms with Crippen molar-refractivity contribution < 1.29 is 4.92 Å². The number of nitrogens with zero attached hydrogens (tertiary/aromatic N) is 3. The summed E-state index contributed by atoms with van der Waals surface area (Å²) < 4.78 is 1.47. The molecule has 2 aromatic rings. The predicted molar refractivity (Wildman–Crippen MR) is 71.0 cm³/mol. The van der Waals surface area contributed by atoms with Crippen LogP contribution in [0.15, 0.2) is 29.3 Å². The summed E-state index contributed by atoms with van der Waals surface area (Å²) in [5, 5.41) is 11.0. The van der Waals surface area contributed by atoms with Crippen molar-refractivity contribution in [2.75, 3.05) is 12.0 Å². The third-order valence-corrected chi connectivity index (χ3v) is 3.15. The van der Waals surface area contributed by atoms with Crippen molar-refractivity contribution in [2.45, 2.75) is 6.54 Å². The number of thioether (sulfide) groups is 1. The number of aromatic nitrogens is 2. The molecule has 6 nitrogen and oxygen atoms in total. The molecule has 2 rings (SSSR count). The third-order valence-electron chi connectivity index (χ3n) is 2.55. The Morgan fingerprint density at radius 3 is 2.94 bits per heavy atom. The highest BCUT2D eigenvalue weighted by molar-refractivity contribution is 7.98. The van der Waals surface area contributed by atoms with Gasteiger partial charge < -0.3 is 0 Å². The van der Waals surface area contributed by atoms with Crippen LogP contribution in [0.5, 0.6) is 0 Å². The fourth-order valence-corrected chi connectivity index (χ4v) is 1.99. The highest BCUT2D eigenvalue weighted by Crippen LogP contribution is 2.16. The Morgan fingerprint density at radius 2 is 2.28 bits per heavy atom. The van der Waals surface area contributed by atoms with Crippen molar-refractivity contribution in [3.8, 4) is 0 Å². The number of nitro benzene ring substituents is 1. The lowest BCUT2D eigenvalue weighted by Gasteiger charge is -2.05. The smallest absolute Gasteiger partial charge is 0.270 e. The normalized spacial score (nSPS) is 10.7. The molecule has 0 spiro atoms. The van der Waals surface area contributed by atoms with Crippen LogP contribution in [0.3, 0.4) is 0 Å². The van der Waals surface area contributed by atoms with Gasteiger partial charge in [-0.1, -0.05) is 0 Å². The standard InChI is InChI=1S/C11H11N3O3S/c1-18-5-4-13-7-12-10-3-2-8(14(16)17)6-9(10)11(13)15/h2-3,6-7H,4-5H2,1H3. The van der Waals surface area contributed by atoms with E-state index in [9.17, 15) is 14.9 Å². The number of hydrogen-bond acceptors (Lipinski definition) is 5. The largest absolute Gasteiger partial charge is 0.298 e. The maximum absolute atomic E-state index is 12.1. The minimum Gasteiger partial charge on any atom is -0.298 e. The monoisotopic (exact) mass is 265 g/mol. The quantitative estimate of drug-likeness (QED) is 0.620. The van der Waals surface area contributed by atoms with Crippen LogP contribution in [0.4, 0.5) is 5.69 Å². The van der Waals surface area contributed by atoms with Gasteiger partial charge in [-0.15, -0.1) is 0 Å². The Morgan fingerprint density at radius 1 is 1.50 bits per heavy atom. The second-order valence-electron chi connectivity index (χ2n) is 3.69. The number of nitro groups is 1. The molecule has 1 aromatic carbocycles. The topological polar surface area (TPSA) is 78.0 Å². The van der Waals surface area contributed by atoms with Gasteiger partial charge in [-0.05, 0) is 12.3 Å². The van der Waals surface area contributed by atoms with Crippen LogP contribution in [0.25, 0.3) is 10.9 Å². The molecule has 0 saturated carbocycles. The zero-order chi connectivity index (χ0) is 13.1. The van der Waals surface area contributed by atoms with Gasteiger partial charge in [-0.25, -0.2) is 4.98 Å². The molecule has 94 valence electrons. The second kappa shape index (κ2) is 5.18. The highest BCUT2D eigenvalue weighted by Gasteiger charge is 2.10. The van der Waals surface area contributed by atoms with Crippen LogP contribution in [-0.2, 0) is 6.54 Å². The average Bonchev–Trinajstić information content (AvgIpc) is 2.37. The summed E-state index contributed by atoms with van der Waals surface area (Å²) >= 11 is 1.62. The van der Waals surface area contributed by atoms with Crippen molar-refractivity contribution in [2.24, 2.45) is 0 Å². The Balaban J connectivity index is 2.57. The SMILES string of the molecule is CSCCn1cnc2ccc([N+](=O)[O-])cc2c1=O. The zero-order valence-corrected chi connectivity index (χ0v) is 10.5. The molecule has 1 heterocycles. The highest BCUT2D eigenvalue weighted by atomic mass is 32.2. The predicted octanol–water partition coefficient (Wildman–Crippen LogP) is 1.67. The maximum Gasteiger partial charge on any atom is 0.270 e. The number of rotatable bonds is 4. The van der Waals surface area contributed by atoms with Gasteiger partial charge in [-0.2, -0.15) is 11.8 Å². The molecular weight excluding hydrogens is 254 g/mol. The molecule has 0 unspecified atom stereocenters. The summed E-state index contributed by atoms with van der Waals surface area (Å²) in [5.41, 5.74) is 0.146. The second-order valence-corrected chi connectivity index (χ2v) is 4.68. The van der Waals surface area contributed by atoms with E-state index in [4.69, 9.17) is 0 Å². The molecule has 0 radical (unpaired) electrons. The molecule has 1 aromatic heterocycles. The molecule has 0 amide bonds. The van der Waals surface area contributed by atoms with E-state index in [2.05, 4.69) is 4.98 Å². The first kappa shape index (κ1) is 12.6. The van der Waals surface area contributed by atoms with Crippen LogP contribution in [0, 0.1) is 10.1 Å². The molecule has 18 heavy (non-hydrogen) atoms. The van der Waals surface area contributed by atoms with Gasteiger partial charge in [0.25, 0.3) is 11.2 Å². The van der Waals surface area contributed by atoms with Gasteiger partial charge in [0, 0.05) is 24.4 Å². The molecule has 0 atom stereocenters. The first-order valence-corrected chi connectivity index (χ1v) is 6.65. The van der Waals surface area contributed by atoms with E-state index in [0.29, 0.717) is 12.1 Å². The molecule has 0 N–H and O–H groups in total. The van der Waals surface area contributed by atoms with Crippen LogP contribution in [-0.4, -0.2) is 26.5 Å². The van der Waals surface area contributed by atoms with Gasteiger partial charge in [-0.3, -0.25) is 19.5 Å². The zero-order valence-electron chi connectivity index (χ0n) is 9.70. The van der Waals surface area contributed by atoms with Crippen molar-refractivity contribution in [3.63, 3.8) is 0 Å². The van der Waals surface area contributed by atoms with E-state index >= 15 is 0 Å². The molecule has 0 saturated heterocycles. The lowest BCUT2D eigenvalue weighted by atomic mass is 10.2. The van der Waals surface area contributed by atoms with Gasteiger partial charge in [0.2, 0.25) is 0 Å². The average molecular weight is 265 g/mol. The number of non-ortho nitro benzene ring substituents is 1. The molecular formula is C11H11N3O3S. The van der Waals surface area contributed by atoms with Crippen LogP contribution in [0.1, 0.15) is 0 Å². The lowest BCUT2D eigenvalue weighted by Crippen LogP contribution is -2.21. The number of hydrogen-bond donors (Lipinski definition) is 0. The summed E-state index contributed by atoms with van der Waals surface area (Å²) in [7, 11) is 0. The van der Waals surface area contributed by atoms with Crippen LogP contribution in [0.2, 0.25) is 0 Å². The van der Waals surface area contributed by atoms with E-state index in [0.717, 1.165) is 5.75 Å². The van der Waals surface area contributed by atoms with E-state index in [1.165, 1.54) is 29.1 Å². The maximum atomic E-state index is 12.1. The third kappa shape index (κ3) is 2.35.